The average Bonchev–Trinajstić information content (AvgIpc) is 2.90. The number of rotatable bonds is 5. The van der Waals surface area contributed by atoms with E-state index in [1.54, 1.807) is 0 Å². The monoisotopic (exact) mass is 182 g/mol. The molecular formula is C11H18O2. The Labute approximate surface area is 80.3 Å². The molecule has 2 nitrogen and oxygen atoms in total. The van der Waals surface area contributed by atoms with Gasteiger partial charge in [-0.3, -0.25) is 0 Å². The summed E-state index contributed by atoms with van der Waals surface area (Å²) in [4.78, 5) is 0. The minimum absolute atomic E-state index is 0.00291. The van der Waals surface area contributed by atoms with Crippen molar-refractivity contribution in [1.29, 1.82) is 0 Å². The van der Waals surface area contributed by atoms with Gasteiger partial charge in [-0.15, -0.1) is 5.92 Å². The molecule has 0 aromatic carbocycles. The third-order valence-corrected chi connectivity index (χ3v) is 2.16. The first-order chi connectivity index (χ1) is 6.38. The van der Waals surface area contributed by atoms with Crippen molar-refractivity contribution in [2.45, 2.75) is 51.2 Å². The van der Waals surface area contributed by atoms with E-state index in [2.05, 4.69) is 18.8 Å². The first-order valence-corrected chi connectivity index (χ1v) is 5.13. The Balaban J connectivity index is 1.93. The van der Waals surface area contributed by atoms with Crippen LogP contribution in [-0.4, -0.2) is 23.9 Å². The zero-order valence-corrected chi connectivity index (χ0v) is 8.25. The highest BCUT2D eigenvalue weighted by Gasteiger charge is 2.36. The molecule has 1 aliphatic heterocycles. The Morgan fingerprint density at radius 1 is 1.31 bits per heavy atom. The lowest BCUT2D eigenvalue weighted by molar-refractivity contribution is 0.243. The maximum Gasteiger partial charge on any atom is 0.147 e. The molecule has 2 atom stereocenters. The van der Waals surface area contributed by atoms with Crippen LogP contribution in [0.5, 0.6) is 0 Å². The summed E-state index contributed by atoms with van der Waals surface area (Å²) in [5.74, 6) is 6.09. The van der Waals surface area contributed by atoms with Gasteiger partial charge in [0.1, 0.15) is 12.2 Å². The summed E-state index contributed by atoms with van der Waals surface area (Å²) in [6.07, 6.45) is 6.04. The van der Waals surface area contributed by atoms with Crippen LogP contribution in [0.3, 0.4) is 0 Å². The lowest BCUT2D eigenvalue weighted by Crippen LogP contribution is -1.95. The van der Waals surface area contributed by atoms with E-state index < -0.39 is 0 Å². The molecule has 0 bridgehead atoms. The second kappa shape index (κ2) is 6.01. The lowest BCUT2D eigenvalue weighted by Gasteiger charge is -1.91. The molecule has 1 rings (SSSR count). The van der Waals surface area contributed by atoms with E-state index in [9.17, 15) is 0 Å². The van der Waals surface area contributed by atoms with Crippen LogP contribution in [0.1, 0.15) is 39.0 Å². The predicted molar refractivity (Wildman–Crippen MR) is 52.3 cm³/mol. The van der Waals surface area contributed by atoms with Crippen molar-refractivity contribution < 1.29 is 9.84 Å². The smallest absolute Gasteiger partial charge is 0.147 e. The molecule has 1 fully saturated rings. The van der Waals surface area contributed by atoms with E-state index in [4.69, 9.17) is 9.84 Å². The molecule has 0 radical (unpaired) electrons. The summed E-state index contributed by atoms with van der Waals surface area (Å²) >= 11 is 0. The molecule has 1 N–H and O–H groups in total. The summed E-state index contributed by atoms with van der Waals surface area (Å²) < 4.78 is 5.07. The lowest BCUT2D eigenvalue weighted by atomic mass is 10.1. The van der Waals surface area contributed by atoms with Crippen LogP contribution in [-0.2, 0) is 4.74 Å². The van der Waals surface area contributed by atoms with Crippen molar-refractivity contribution in [2.24, 2.45) is 0 Å². The van der Waals surface area contributed by atoms with Gasteiger partial charge in [-0.05, 0) is 6.42 Å². The van der Waals surface area contributed by atoms with Gasteiger partial charge in [-0.1, -0.05) is 32.1 Å². The molecular weight excluding hydrogens is 164 g/mol. The van der Waals surface area contributed by atoms with Crippen LogP contribution in [0.25, 0.3) is 0 Å². The molecule has 74 valence electrons. The summed E-state index contributed by atoms with van der Waals surface area (Å²) in [7, 11) is 0. The number of aliphatic hydroxyl groups is 1. The maximum atomic E-state index is 8.66. The van der Waals surface area contributed by atoms with Gasteiger partial charge in [0.2, 0.25) is 0 Å². The van der Waals surface area contributed by atoms with E-state index >= 15 is 0 Å². The first-order valence-electron chi connectivity index (χ1n) is 5.13. The van der Waals surface area contributed by atoms with Crippen molar-refractivity contribution in [3.63, 3.8) is 0 Å². The van der Waals surface area contributed by atoms with Gasteiger partial charge in [0.15, 0.2) is 0 Å². The molecule has 0 unspecified atom stereocenters. The molecule has 0 saturated carbocycles. The SMILES string of the molecule is CCCCCCC#C[C@H]1O[C@H]1CO. The Hall–Kier alpha value is -0.520. The van der Waals surface area contributed by atoms with Crippen molar-refractivity contribution in [3.05, 3.63) is 0 Å². The molecule has 0 aromatic heterocycles. The highest BCUT2D eigenvalue weighted by atomic mass is 16.6. The predicted octanol–water partition coefficient (Wildman–Crippen LogP) is 1.72. The van der Waals surface area contributed by atoms with Crippen molar-refractivity contribution in [1.82, 2.24) is 0 Å². The largest absolute Gasteiger partial charge is 0.394 e. The van der Waals surface area contributed by atoms with Gasteiger partial charge in [0.05, 0.1) is 6.61 Å². The molecule has 0 spiro atoms. The van der Waals surface area contributed by atoms with Gasteiger partial charge < -0.3 is 9.84 Å². The van der Waals surface area contributed by atoms with Gasteiger partial charge in [-0.25, -0.2) is 0 Å². The van der Waals surface area contributed by atoms with Crippen LogP contribution in [0.15, 0.2) is 0 Å². The van der Waals surface area contributed by atoms with Crippen LogP contribution >= 0.6 is 0 Å². The minimum atomic E-state index is 0.00291. The van der Waals surface area contributed by atoms with Gasteiger partial charge in [-0.2, -0.15) is 0 Å². The molecule has 0 aromatic rings. The molecule has 13 heavy (non-hydrogen) atoms. The maximum absolute atomic E-state index is 8.66. The number of hydrogen-bond acceptors (Lipinski definition) is 2. The Kier molecular flexibility index (Phi) is 4.88. The minimum Gasteiger partial charge on any atom is -0.394 e. The van der Waals surface area contributed by atoms with E-state index in [1.165, 1.54) is 25.7 Å². The van der Waals surface area contributed by atoms with Gasteiger partial charge >= 0.3 is 0 Å². The Morgan fingerprint density at radius 2 is 2.15 bits per heavy atom. The number of hydrogen-bond donors (Lipinski definition) is 1. The van der Waals surface area contributed by atoms with Gasteiger partial charge in [0.25, 0.3) is 0 Å². The number of unbranched alkanes of at least 4 members (excludes halogenated alkanes) is 4. The zero-order valence-electron chi connectivity index (χ0n) is 8.25. The molecule has 1 heterocycles. The summed E-state index contributed by atoms with van der Waals surface area (Å²) in [6, 6.07) is 0. The van der Waals surface area contributed by atoms with Crippen LogP contribution in [0.2, 0.25) is 0 Å². The average molecular weight is 182 g/mol. The van der Waals surface area contributed by atoms with Crippen molar-refractivity contribution in [3.8, 4) is 11.8 Å². The fourth-order valence-corrected chi connectivity index (χ4v) is 1.22. The quantitative estimate of drug-likeness (QED) is 0.399. The molecule has 1 aliphatic rings. The summed E-state index contributed by atoms with van der Waals surface area (Å²) in [5, 5.41) is 8.66. The Bertz CT molecular complexity index is 190. The van der Waals surface area contributed by atoms with Crippen LogP contribution < -0.4 is 0 Å². The number of ether oxygens (including phenoxy) is 1. The van der Waals surface area contributed by atoms with Crippen molar-refractivity contribution >= 4 is 0 Å². The van der Waals surface area contributed by atoms with E-state index in [-0.39, 0.29) is 18.8 Å². The standard InChI is InChI=1S/C11H18O2/c1-2-3-4-5-6-7-8-10-11(9-12)13-10/h10-12H,2-6,9H2,1H3/t10-,11+/m1/s1. The second-order valence-corrected chi connectivity index (χ2v) is 3.41. The van der Waals surface area contributed by atoms with Gasteiger partial charge in [0, 0.05) is 6.42 Å². The molecule has 2 heteroatoms. The number of aliphatic hydroxyl groups excluding tert-OH is 1. The summed E-state index contributed by atoms with van der Waals surface area (Å²) in [6.45, 7) is 2.31. The van der Waals surface area contributed by atoms with E-state index in [1.807, 2.05) is 0 Å². The second-order valence-electron chi connectivity index (χ2n) is 3.41. The topological polar surface area (TPSA) is 32.8 Å². The normalized spacial score (nSPS) is 25.1. The molecule has 0 amide bonds. The van der Waals surface area contributed by atoms with Crippen LogP contribution in [0.4, 0.5) is 0 Å². The van der Waals surface area contributed by atoms with Crippen molar-refractivity contribution in [2.75, 3.05) is 6.61 Å². The van der Waals surface area contributed by atoms with Crippen LogP contribution in [0, 0.1) is 11.8 Å². The number of epoxide rings is 1. The summed E-state index contributed by atoms with van der Waals surface area (Å²) in [5.41, 5.74) is 0. The zero-order chi connectivity index (χ0) is 9.52. The fourth-order valence-electron chi connectivity index (χ4n) is 1.22. The van der Waals surface area contributed by atoms with E-state index in [0.717, 1.165) is 6.42 Å². The third-order valence-electron chi connectivity index (χ3n) is 2.16. The third kappa shape index (κ3) is 4.31. The Morgan fingerprint density at radius 3 is 2.77 bits per heavy atom. The molecule has 1 saturated heterocycles. The highest BCUT2D eigenvalue weighted by molar-refractivity contribution is 5.13. The first kappa shape index (κ1) is 10.6. The highest BCUT2D eigenvalue weighted by Crippen LogP contribution is 2.19. The van der Waals surface area contributed by atoms with E-state index in [0.29, 0.717) is 0 Å². The fraction of sp³-hybridized carbons (Fsp3) is 0.818. The molecule has 0 aliphatic carbocycles.